The lowest BCUT2D eigenvalue weighted by Crippen LogP contribution is -1.84. The molecule has 0 unspecified atom stereocenters. The van der Waals surface area contributed by atoms with Gasteiger partial charge in [-0.3, -0.25) is 0 Å². The lowest BCUT2D eigenvalue weighted by Gasteiger charge is -1.99. The van der Waals surface area contributed by atoms with Crippen molar-refractivity contribution in [1.29, 1.82) is 5.26 Å². The fourth-order valence-electron chi connectivity index (χ4n) is 3.31. The largest absolute Gasteiger partial charge is 0.355 e. The summed E-state index contributed by atoms with van der Waals surface area (Å²) in [6.45, 7) is 0. The van der Waals surface area contributed by atoms with Crippen LogP contribution in [0.3, 0.4) is 0 Å². The molecule has 0 saturated heterocycles. The number of rotatable bonds is 4. The van der Waals surface area contributed by atoms with Crippen molar-refractivity contribution in [2.45, 2.75) is 0 Å². The van der Waals surface area contributed by atoms with Crippen molar-refractivity contribution >= 4 is 56.5 Å². The van der Waals surface area contributed by atoms with Crippen molar-refractivity contribution < 1.29 is 4.52 Å². The quantitative estimate of drug-likeness (QED) is 0.181. The highest BCUT2D eigenvalue weighted by Gasteiger charge is 2.13. The molecule has 0 spiro atoms. The van der Waals surface area contributed by atoms with Crippen LogP contribution in [0.25, 0.3) is 45.1 Å². The fraction of sp³-hybridized carbons (Fsp3) is 0. The van der Waals surface area contributed by atoms with E-state index in [1.165, 1.54) is 14.9 Å². The molecule has 148 valence electrons. The molecule has 0 N–H and O–H groups in total. The lowest BCUT2D eigenvalue weighted by molar-refractivity contribution is 0.441. The maximum absolute atomic E-state index is 9.78. The van der Waals surface area contributed by atoms with Crippen molar-refractivity contribution in [1.82, 2.24) is 10.1 Å². The number of halogens is 1. The van der Waals surface area contributed by atoms with Gasteiger partial charge in [0.15, 0.2) is 5.76 Å². The van der Waals surface area contributed by atoms with E-state index in [9.17, 15) is 5.26 Å². The Labute approximate surface area is 196 Å². The van der Waals surface area contributed by atoms with Crippen molar-refractivity contribution in [2.75, 3.05) is 0 Å². The summed E-state index contributed by atoms with van der Waals surface area (Å²) in [5.74, 6) is 0.722. The number of fused-ring (bicyclic) bond motifs is 1. The molecule has 31 heavy (non-hydrogen) atoms. The van der Waals surface area contributed by atoms with Crippen LogP contribution in [-0.2, 0) is 0 Å². The van der Waals surface area contributed by atoms with Crippen LogP contribution in [0.15, 0.2) is 82.7 Å². The number of hydrogen-bond acceptors (Lipinski definition) is 5. The minimum Gasteiger partial charge on any atom is -0.355 e. The number of aromatic nitrogens is 2. The van der Waals surface area contributed by atoms with Gasteiger partial charge < -0.3 is 4.52 Å². The first-order valence-corrected chi connectivity index (χ1v) is 11.5. The van der Waals surface area contributed by atoms with Crippen LogP contribution >= 0.6 is 33.9 Å². The Morgan fingerprint density at radius 3 is 2.58 bits per heavy atom. The van der Waals surface area contributed by atoms with Gasteiger partial charge in [0, 0.05) is 20.1 Å². The summed E-state index contributed by atoms with van der Waals surface area (Å²) >= 11 is 3.75. The van der Waals surface area contributed by atoms with Gasteiger partial charge in [-0.2, -0.15) is 5.26 Å². The van der Waals surface area contributed by atoms with Gasteiger partial charge in [0.1, 0.15) is 16.6 Å². The molecule has 6 heteroatoms. The summed E-state index contributed by atoms with van der Waals surface area (Å²) in [4.78, 5) is 4.69. The number of nitrogens with zero attached hydrogens (tertiary/aromatic N) is 3. The number of hydrogen-bond donors (Lipinski definition) is 0. The van der Waals surface area contributed by atoms with Crippen LogP contribution in [0.4, 0.5) is 0 Å². The maximum Gasteiger partial charge on any atom is 0.174 e. The van der Waals surface area contributed by atoms with E-state index in [0.717, 1.165) is 39.0 Å². The van der Waals surface area contributed by atoms with Crippen LogP contribution in [0.2, 0.25) is 0 Å². The van der Waals surface area contributed by atoms with Gasteiger partial charge in [-0.25, -0.2) is 4.98 Å². The molecule has 2 aromatic heterocycles. The van der Waals surface area contributed by atoms with Gasteiger partial charge in [-0.15, -0.1) is 11.3 Å². The number of allylic oxidation sites excluding steroid dienone is 1. The highest BCUT2D eigenvalue weighted by atomic mass is 127. The summed E-state index contributed by atoms with van der Waals surface area (Å²) in [7, 11) is 0. The van der Waals surface area contributed by atoms with E-state index in [1.54, 1.807) is 0 Å². The van der Waals surface area contributed by atoms with Gasteiger partial charge in [0.05, 0.1) is 16.7 Å². The SMILES string of the molecule is N#CC(=Cc1ccc2noc(-c3ccccc3)c2c1)c1nc(-c2ccc(I)cc2)cs1. The molecule has 0 bridgehead atoms. The molecule has 0 radical (unpaired) electrons. The fourth-order valence-corrected chi connectivity index (χ4v) is 4.46. The zero-order chi connectivity index (χ0) is 21.2. The summed E-state index contributed by atoms with van der Waals surface area (Å²) in [5, 5.41) is 17.5. The normalized spacial score (nSPS) is 11.5. The minimum atomic E-state index is 0.527. The van der Waals surface area contributed by atoms with E-state index in [0.29, 0.717) is 10.6 Å². The first-order valence-electron chi connectivity index (χ1n) is 9.50. The van der Waals surface area contributed by atoms with Gasteiger partial charge in [-0.05, 0) is 58.5 Å². The topological polar surface area (TPSA) is 62.7 Å². The van der Waals surface area contributed by atoms with E-state index < -0.39 is 0 Å². The van der Waals surface area contributed by atoms with E-state index in [1.807, 2.05) is 72.1 Å². The number of benzene rings is 3. The zero-order valence-electron chi connectivity index (χ0n) is 16.1. The van der Waals surface area contributed by atoms with Gasteiger partial charge in [-0.1, -0.05) is 53.7 Å². The lowest BCUT2D eigenvalue weighted by atomic mass is 10.0. The summed E-state index contributed by atoms with van der Waals surface area (Å²) in [6, 6.07) is 26.2. The second-order valence-corrected chi connectivity index (χ2v) is 8.97. The average molecular weight is 531 g/mol. The van der Waals surface area contributed by atoms with Crippen LogP contribution in [0.1, 0.15) is 10.6 Å². The van der Waals surface area contributed by atoms with Crippen LogP contribution in [-0.4, -0.2) is 10.1 Å². The van der Waals surface area contributed by atoms with Crippen LogP contribution < -0.4 is 0 Å². The zero-order valence-corrected chi connectivity index (χ0v) is 19.1. The molecule has 0 aliphatic rings. The second kappa shape index (κ2) is 8.46. The molecule has 5 aromatic rings. The van der Waals surface area contributed by atoms with E-state index >= 15 is 0 Å². The predicted octanol–water partition coefficient (Wildman–Crippen LogP) is 7.29. The standard InChI is InChI=1S/C25H14IN3OS/c26-20-9-7-17(8-10-20)23-15-31-25(28-23)19(14-27)12-16-6-11-22-21(13-16)24(30-29-22)18-4-2-1-3-5-18/h1-13,15H. The first kappa shape index (κ1) is 19.7. The van der Waals surface area contributed by atoms with Gasteiger partial charge in [0.25, 0.3) is 0 Å². The smallest absolute Gasteiger partial charge is 0.174 e. The molecule has 0 fully saturated rings. The van der Waals surface area contributed by atoms with Crippen LogP contribution in [0, 0.1) is 14.9 Å². The molecule has 2 heterocycles. The first-order chi connectivity index (χ1) is 15.2. The molecule has 4 nitrogen and oxygen atoms in total. The second-order valence-electron chi connectivity index (χ2n) is 6.87. The predicted molar refractivity (Wildman–Crippen MR) is 133 cm³/mol. The van der Waals surface area contributed by atoms with Gasteiger partial charge in [0.2, 0.25) is 0 Å². The van der Waals surface area contributed by atoms with Gasteiger partial charge >= 0.3 is 0 Å². The maximum atomic E-state index is 9.78. The Morgan fingerprint density at radius 1 is 1.00 bits per heavy atom. The van der Waals surface area contributed by atoms with E-state index in [2.05, 4.69) is 50.9 Å². The Bertz CT molecular complexity index is 1440. The molecular weight excluding hydrogens is 517 g/mol. The van der Waals surface area contributed by atoms with E-state index in [4.69, 9.17) is 4.52 Å². The average Bonchev–Trinajstić information content (AvgIpc) is 3.46. The number of thiazole rings is 1. The third-order valence-corrected chi connectivity index (χ3v) is 6.44. The van der Waals surface area contributed by atoms with E-state index in [-0.39, 0.29) is 0 Å². The Kier molecular flexibility index (Phi) is 5.37. The highest BCUT2D eigenvalue weighted by Crippen LogP contribution is 2.31. The minimum absolute atomic E-state index is 0.527. The van der Waals surface area contributed by atoms with Crippen molar-refractivity contribution in [2.24, 2.45) is 0 Å². The van der Waals surface area contributed by atoms with Crippen molar-refractivity contribution in [3.8, 4) is 28.7 Å². The third kappa shape index (κ3) is 4.02. The monoisotopic (exact) mass is 531 g/mol. The Hall–Kier alpha value is -3.28. The van der Waals surface area contributed by atoms with Crippen molar-refractivity contribution in [3.63, 3.8) is 0 Å². The highest BCUT2D eigenvalue weighted by molar-refractivity contribution is 14.1. The summed E-state index contributed by atoms with van der Waals surface area (Å²) in [6.07, 6.45) is 1.86. The van der Waals surface area contributed by atoms with Crippen molar-refractivity contribution in [3.05, 3.63) is 92.3 Å². The molecule has 5 rings (SSSR count). The molecule has 3 aromatic carbocycles. The molecule has 0 amide bonds. The molecular formula is C25H14IN3OS. The Morgan fingerprint density at radius 2 is 1.81 bits per heavy atom. The molecule has 0 aliphatic heterocycles. The summed E-state index contributed by atoms with van der Waals surface area (Å²) < 4.78 is 6.76. The number of nitriles is 1. The summed E-state index contributed by atoms with van der Waals surface area (Å²) in [5.41, 5.74) is 5.09. The molecule has 0 saturated carbocycles. The molecule has 0 aliphatic carbocycles. The Balaban J connectivity index is 1.52. The molecule has 0 atom stereocenters. The van der Waals surface area contributed by atoms with Crippen LogP contribution in [0.5, 0.6) is 0 Å². The third-order valence-electron chi connectivity index (χ3n) is 4.84.